The summed E-state index contributed by atoms with van der Waals surface area (Å²) in [6.07, 6.45) is 2.09. The van der Waals surface area contributed by atoms with E-state index in [-0.39, 0.29) is 0 Å². The van der Waals surface area contributed by atoms with Gasteiger partial charge in [0.1, 0.15) is 11.8 Å². The Hall–Kier alpha value is -2.11. The van der Waals surface area contributed by atoms with Crippen LogP contribution in [0.15, 0.2) is 18.3 Å². The van der Waals surface area contributed by atoms with Crippen LogP contribution >= 0.6 is 0 Å². The summed E-state index contributed by atoms with van der Waals surface area (Å²) in [7, 11) is 1.64. The van der Waals surface area contributed by atoms with Crippen molar-refractivity contribution in [2.45, 2.75) is 6.42 Å². The van der Waals surface area contributed by atoms with Gasteiger partial charge in [-0.2, -0.15) is 10.5 Å². The van der Waals surface area contributed by atoms with Crippen LogP contribution in [0.3, 0.4) is 0 Å². The van der Waals surface area contributed by atoms with Gasteiger partial charge in [-0.15, -0.1) is 0 Å². The summed E-state index contributed by atoms with van der Waals surface area (Å²) >= 11 is 0. The Morgan fingerprint density at radius 2 is 2.18 bits per heavy atom. The minimum Gasteiger partial charge on any atom is -0.383 e. The molecule has 0 N–H and O–H groups in total. The predicted octanol–water partition coefficient (Wildman–Crippen LogP) is 1.32. The van der Waals surface area contributed by atoms with Crippen LogP contribution in [0.1, 0.15) is 12.1 Å². The number of rotatable bonds is 6. The summed E-state index contributed by atoms with van der Waals surface area (Å²) in [5, 5.41) is 17.3. The van der Waals surface area contributed by atoms with Gasteiger partial charge in [-0.1, -0.05) is 0 Å². The quantitative estimate of drug-likeness (QED) is 0.736. The number of ether oxygens (including phenoxy) is 1. The maximum Gasteiger partial charge on any atom is 0.140 e. The van der Waals surface area contributed by atoms with Crippen molar-refractivity contribution in [3.63, 3.8) is 0 Å². The minimum atomic E-state index is 0.390. The van der Waals surface area contributed by atoms with Gasteiger partial charge in [0, 0.05) is 20.2 Å². The lowest BCUT2D eigenvalue weighted by atomic mass is 10.3. The third-order valence-corrected chi connectivity index (χ3v) is 2.29. The summed E-state index contributed by atoms with van der Waals surface area (Å²) in [5.41, 5.74) is 1.29. The number of pyridine rings is 1. The Bertz CT molecular complexity index is 416. The lowest BCUT2D eigenvalue weighted by molar-refractivity contribution is 0.205. The maximum absolute atomic E-state index is 8.66. The molecule has 0 saturated heterocycles. The Morgan fingerprint density at radius 1 is 1.35 bits per heavy atom. The zero-order chi connectivity index (χ0) is 12.5. The number of anilines is 1. The monoisotopic (exact) mass is 230 g/mol. The predicted molar refractivity (Wildman–Crippen MR) is 63.3 cm³/mol. The molecule has 0 aliphatic carbocycles. The van der Waals surface area contributed by atoms with Crippen molar-refractivity contribution in [2.24, 2.45) is 0 Å². The smallest absolute Gasteiger partial charge is 0.140 e. The van der Waals surface area contributed by atoms with E-state index in [0.717, 1.165) is 5.69 Å². The molecule has 0 aliphatic rings. The van der Waals surface area contributed by atoms with Crippen LogP contribution in [0.25, 0.3) is 0 Å². The number of hydrogen-bond donors (Lipinski definition) is 0. The van der Waals surface area contributed by atoms with Gasteiger partial charge in [-0.25, -0.2) is 4.98 Å². The second-order valence-electron chi connectivity index (χ2n) is 3.40. The zero-order valence-electron chi connectivity index (χ0n) is 9.76. The molecule has 0 fully saturated rings. The normalized spacial score (nSPS) is 9.35. The van der Waals surface area contributed by atoms with Crippen LogP contribution in [-0.2, 0) is 4.74 Å². The fourth-order valence-corrected chi connectivity index (χ4v) is 1.40. The fraction of sp³-hybridized carbons (Fsp3) is 0.417. The van der Waals surface area contributed by atoms with Gasteiger partial charge in [0.15, 0.2) is 0 Å². The van der Waals surface area contributed by atoms with E-state index in [1.54, 1.807) is 19.4 Å². The van der Waals surface area contributed by atoms with Crippen molar-refractivity contribution >= 4 is 5.69 Å². The number of hydrogen-bond acceptors (Lipinski definition) is 5. The molecule has 0 amide bonds. The second-order valence-corrected chi connectivity index (χ2v) is 3.40. The van der Waals surface area contributed by atoms with E-state index >= 15 is 0 Å². The van der Waals surface area contributed by atoms with Crippen LogP contribution in [-0.4, -0.2) is 31.8 Å². The lowest BCUT2D eigenvalue weighted by Gasteiger charge is -2.22. The molecule has 0 saturated carbocycles. The highest BCUT2D eigenvalue weighted by Gasteiger charge is 2.06. The molecule has 0 aliphatic heterocycles. The average molecular weight is 230 g/mol. The molecule has 1 aromatic rings. The minimum absolute atomic E-state index is 0.390. The van der Waals surface area contributed by atoms with Crippen LogP contribution in [0, 0.1) is 22.7 Å². The van der Waals surface area contributed by atoms with Gasteiger partial charge in [-0.05, 0) is 12.1 Å². The third-order valence-electron chi connectivity index (χ3n) is 2.29. The van der Waals surface area contributed by atoms with E-state index in [2.05, 4.69) is 11.1 Å². The molecule has 1 heterocycles. The van der Waals surface area contributed by atoms with Crippen molar-refractivity contribution in [2.75, 3.05) is 31.7 Å². The van der Waals surface area contributed by atoms with E-state index in [1.165, 1.54) is 0 Å². The SMILES string of the molecule is COCCN(CCC#N)c1ccc(C#N)nc1. The van der Waals surface area contributed by atoms with Gasteiger partial charge in [0.2, 0.25) is 0 Å². The number of aromatic nitrogens is 1. The molecule has 1 aromatic heterocycles. The summed E-state index contributed by atoms with van der Waals surface area (Å²) in [6.45, 7) is 1.92. The summed E-state index contributed by atoms with van der Waals surface area (Å²) in [6, 6.07) is 7.58. The molecule has 0 aromatic carbocycles. The average Bonchev–Trinajstić information content (AvgIpc) is 2.39. The number of methoxy groups -OCH3 is 1. The van der Waals surface area contributed by atoms with Crippen LogP contribution in [0.5, 0.6) is 0 Å². The summed E-state index contributed by atoms with van der Waals surface area (Å²) in [4.78, 5) is 6.02. The van der Waals surface area contributed by atoms with E-state index in [4.69, 9.17) is 15.3 Å². The molecule has 17 heavy (non-hydrogen) atoms. The first-order valence-corrected chi connectivity index (χ1v) is 5.28. The van der Waals surface area contributed by atoms with Gasteiger partial charge in [0.25, 0.3) is 0 Å². The molecule has 0 unspecified atom stereocenters. The van der Waals surface area contributed by atoms with E-state index in [9.17, 15) is 0 Å². The van der Waals surface area contributed by atoms with E-state index < -0.39 is 0 Å². The van der Waals surface area contributed by atoms with Crippen molar-refractivity contribution in [1.29, 1.82) is 10.5 Å². The Labute approximate surface area is 101 Å². The first-order chi connectivity index (χ1) is 8.31. The number of nitriles is 2. The molecule has 1 rings (SSSR count). The third kappa shape index (κ3) is 4.10. The van der Waals surface area contributed by atoms with Crippen molar-refractivity contribution in [3.05, 3.63) is 24.0 Å². The molecule has 0 radical (unpaired) electrons. The van der Waals surface area contributed by atoms with Gasteiger partial charge >= 0.3 is 0 Å². The highest BCUT2D eigenvalue weighted by molar-refractivity contribution is 5.45. The summed E-state index contributed by atoms with van der Waals surface area (Å²) in [5.74, 6) is 0. The highest BCUT2D eigenvalue weighted by Crippen LogP contribution is 2.13. The standard InChI is InChI=1S/C12H14N4O/c1-17-8-7-16(6-2-5-13)12-4-3-11(9-14)15-10-12/h3-4,10H,2,6-8H2,1H3. The molecule has 0 atom stereocenters. The van der Waals surface area contributed by atoms with Crippen LogP contribution < -0.4 is 4.90 Å². The lowest BCUT2D eigenvalue weighted by Crippen LogP contribution is -2.28. The first kappa shape index (κ1) is 13.0. The molecule has 5 nitrogen and oxygen atoms in total. The van der Waals surface area contributed by atoms with E-state index in [1.807, 2.05) is 17.0 Å². The Kier molecular flexibility index (Phi) is 5.50. The van der Waals surface area contributed by atoms with Crippen LogP contribution in [0.2, 0.25) is 0 Å². The largest absolute Gasteiger partial charge is 0.383 e. The van der Waals surface area contributed by atoms with Gasteiger partial charge < -0.3 is 9.64 Å². The summed E-state index contributed by atoms with van der Waals surface area (Å²) < 4.78 is 5.02. The Morgan fingerprint density at radius 3 is 2.71 bits per heavy atom. The topological polar surface area (TPSA) is 72.9 Å². The van der Waals surface area contributed by atoms with Crippen LogP contribution in [0.4, 0.5) is 5.69 Å². The molecule has 0 bridgehead atoms. The molecular weight excluding hydrogens is 216 g/mol. The van der Waals surface area contributed by atoms with Crippen molar-refractivity contribution < 1.29 is 4.74 Å². The van der Waals surface area contributed by atoms with Crippen molar-refractivity contribution in [3.8, 4) is 12.1 Å². The molecule has 88 valence electrons. The Balaban J connectivity index is 2.73. The fourth-order valence-electron chi connectivity index (χ4n) is 1.40. The molecular formula is C12H14N4O. The highest BCUT2D eigenvalue weighted by atomic mass is 16.5. The zero-order valence-corrected chi connectivity index (χ0v) is 9.76. The van der Waals surface area contributed by atoms with Crippen molar-refractivity contribution in [1.82, 2.24) is 4.98 Å². The van der Waals surface area contributed by atoms with Gasteiger partial charge in [0.05, 0.1) is 31.0 Å². The molecule has 0 spiro atoms. The second kappa shape index (κ2) is 7.21. The number of nitrogens with zero attached hydrogens (tertiary/aromatic N) is 4. The van der Waals surface area contributed by atoms with E-state index in [0.29, 0.717) is 31.8 Å². The molecule has 5 heteroatoms. The maximum atomic E-state index is 8.66. The van der Waals surface area contributed by atoms with Gasteiger partial charge in [-0.3, -0.25) is 0 Å². The first-order valence-electron chi connectivity index (χ1n) is 5.28.